The molecule has 20 heavy (non-hydrogen) atoms. The van der Waals surface area contributed by atoms with Gasteiger partial charge in [-0.3, -0.25) is 4.79 Å². The van der Waals surface area contributed by atoms with Gasteiger partial charge in [0.15, 0.2) is 0 Å². The topological polar surface area (TPSA) is 40.5 Å². The highest BCUT2D eigenvalue weighted by atomic mass is 32.1. The minimum absolute atomic E-state index is 0.183. The van der Waals surface area contributed by atoms with E-state index in [1.54, 1.807) is 11.3 Å². The zero-order chi connectivity index (χ0) is 14.2. The molecule has 0 bridgehead atoms. The fourth-order valence-corrected chi connectivity index (χ4v) is 4.43. The standard InChI is InChI=1S/C16H23NO2S/c1-16(19)7-4-9-17(10-8-16)15(18)13-11-20-14-6-3-2-5-12(13)14/h11,19H,2-10H2,1H3. The van der Waals surface area contributed by atoms with Gasteiger partial charge < -0.3 is 10.0 Å². The molecule has 0 aromatic carbocycles. The van der Waals surface area contributed by atoms with E-state index in [0.717, 1.165) is 37.8 Å². The molecule has 3 nitrogen and oxygen atoms in total. The van der Waals surface area contributed by atoms with Crippen LogP contribution in [0.2, 0.25) is 0 Å². The third kappa shape index (κ3) is 2.77. The van der Waals surface area contributed by atoms with Crippen molar-refractivity contribution in [1.82, 2.24) is 4.90 Å². The van der Waals surface area contributed by atoms with Gasteiger partial charge in [0.25, 0.3) is 5.91 Å². The number of fused-ring (bicyclic) bond motifs is 1. The van der Waals surface area contributed by atoms with Crippen molar-refractivity contribution in [2.24, 2.45) is 0 Å². The summed E-state index contributed by atoms with van der Waals surface area (Å²) in [5, 5.41) is 12.2. The molecule has 1 aromatic rings. The molecule has 1 aliphatic heterocycles. The van der Waals surface area contributed by atoms with Gasteiger partial charge in [0.05, 0.1) is 11.2 Å². The normalized spacial score (nSPS) is 27.0. The molecule has 1 aromatic heterocycles. The van der Waals surface area contributed by atoms with E-state index in [1.807, 2.05) is 11.8 Å². The van der Waals surface area contributed by atoms with E-state index in [0.29, 0.717) is 13.0 Å². The Balaban J connectivity index is 1.77. The number of nitrogens with zero attached hydrogens (tertiary/aromatic N) is 1. The molecule has 2 heterocycles. The summed E-state index contributed by atoms with van der Waals surface area (Å²) in [4.78, 5) is 16.1. The monoisotopic (exact) mass is 293 g/mol. The first-order chi connectivity index (χ1) is 9.57. The van der Waals surface area contributed by atoms with Crippen LogP contribution in [0.3, 0.4) is 0 Å². The van der Waals surface area contributed by atoms with E-state index >= 15 is 0 Å². The molecule has 1 amide bonds. The van der Waals surface area contributed by atoms with Gasteiger partial charge in [-0.15, -0.1) is 11.3 Å². The predicted octanol–water partition coefficient (Wildman–Crippen LogP) is 3.00. The van der Waals surface area contributed by atoms with E-state index < -0.39 is 5.60 Å². The summed E-state index contributed by atoms with van der Waals surface area (Å²) in [5.74, 6) is 0.183. The van der Waals surface area contributed by atoms with Crippen molar-refractivity contribution in [3.05, 3.63) is 21.4 Å². The first-order valence-electron chi connectivity index (χ1n) is 7.68. The molecule has 110 valence electrons. The van der Waals surface area contributed by atoms with Crippen LogP contribution in [-0.2, 0) is 12.8 Å². The van der Waals surface area contributed by atoms with Gasteiger partial charge >= 0.3 is 0 Å². The molecule has 0 spiro atoms. The third-order valence-corrected chi connectivity index (χ3v) is 5.73. The van der Waals surface area contributed by atoms with Crippen LogP contribution in [0.4, 0.5) is 0 Å². The Bertz CT molecular complexity index is 507. The summed E-state index contributed by atoms with van der Waals surface area (Å²) in [5.41, 5.74) is 1.64. The van der Waals surface area contributed by atoms with Crippen LogP contribution in [0.5, 0.6) is 0 Å². The summed E-state index contributed by atoms with van der Waals surface area (Å²) in [6.45, 7) is 3.34. The summed E-state index contributed by atoms with van der Waals surface area (Å²) in [6.07, 6.45) is 7.04. The fraction of sp³-hybridized carbons (Fsp3) is 0.688. The highest BCUT2D eigenvalue weighted by Crippen LogP contribution is 2.31. The number of rotatable bonds is 1. The Morgan fingerprint density at radius 1 is 1.25 bits per heavy atom. The van der Waals surface area contributed by atoms with Gasteiger partial charge in [0.1, 0.15) is 0 Å². The average molecular weight is 293 g/mol. The Kier molecular flexibility index (Phi) is 3.87. The summed E-state index contributed by atoms with van der Waals surface area (Å²) in [7, 11) is 0. The summed E-state index contributed by atoms with van der Waals surface area (Å²) in [6, 6.07) is 0. The van der Waals surface area contributed by atoms with E-state index in [-0.39, 0.29) is 5.91 Å². The zero-order valence-corrected chi connectivity index (χ0v) is 13.0. The van der Waals surface area contributed by atoms with Crippen LogP contribution in [0.1, 0.15) is 59.8 Å². The number of carbonyl (C=O) groups excluding carboxylic acids is 1. The largest absolute Gasteiger partial charge is 0.390 e. The van der Waals surface area contributed by atoms with Crippen LogP contribution in [0, 0.1) is 0 Å². The molecule has 1 saturated heterocycles. The molecule has 2 aliphatic rings. The van der Waals surface area contributed by atoms with E-state index in [9.17, 15) is 9.90 Å². The molecule has 1 fully saturated rings. The lowest BCUT2D eigenvalue weighted by atomic mass is 9.95. The second kappa shape index (κ2) is 5.49. The van der Waals surface area contributed by atoms with Crippen molar-refractivity contribution < 1.29 is 9.90 Å². The summed E-state index contributed by atoms with van der Waals surface area (Å²) >= 11 is 1.75. The molecular formula is C16H23NO2S. The van der Waals surface area contributed by atoms with Crippen molar-refractivity contribution in [3.8, 4) is 0 Å². The smallest absolute Gasteiger partial charge is 0.254 e. The zero-order valence-electron chi connectivity index (χ0n) is 12.2. The molecular weight excluding hydrogens is 270 g/mol. The van der Waals surface area contributed by atoms with Gasteiger partial charge in [-0.05, 0) is 57.4 Å². The molecule has 0 saturated carbocycles. The number of amides is 1. The van der Waals surface area contributed by atoms with Crippen LogP contribution in [0.15, 0.2) is 5.38 Å². The lowest BCUT2D eigenvalue weighted by molar-refractivity contribution is 0.0438. The number of aryl methyl sites for hydroxylation is 1. The van der Waals surface area contributed by atoms with Crippen molar-refractivity contribution >= 4 is 17.2 Å². The van der Waals surface area contributed by atoms with Gasteiger partial charge in [0, 0.05) is 23.3 Å². The predicted molar refractivity (Wildman–Crippen MR) is 81.3 cm³/mol. The van der Waals surface area contributed by atoms with E-state index in [2.05, 4.69) is 5.38 Å². The number of thiophene rings is 1. The molecule has 3 rings (SSSR count). The minimum atomic E-state index is -0.608. The maximum atomic E-state index is 12.7. The first-order valence-corrected chi connectivity index (χ1v) is 8.56. The van der Waals surface area contributed by atoms with Crippen molar-refractivity contribution in [3.63, 3.8) is 0 Å². The molecule has 1 N–H and O–H groups in total. The number of likely N-dealkylation sites (tertiary alicyclic amines) is 1. The minimum Gasteiger partial charge on any atom is -0.390 e. The number of carbonyl (C=O) groups is 1. The lowest BCUT2D eigenvalue weighted by Gasteiger charge is -2.23. The highest BCUT2D eigenvalue weighted by molar-refractivity contribution is 7.10. The number of aliphatic hydroxyl groups is 1. The molecule has 0 radical (unpaired) electrons. The fourth-order valence-electron chi connectivity index (χ4n) is 3.31. The van der Waals surface area contributed by atoms with Crippen molar-refractivity contribution in [1.29, 1.82) is 0 Å². The third-order valence-electron chi connectivity index (χ3n) is 4.64. The van der Waals surface area contributed by atoms with Crippen LogP contribution in [-0.4, -0.2) is 34.6 Å². The Morgan fingerprint density at radius 2 is 2.05 bits per heavy atom. The van der Waals surface area contributed by atoms with Crippen molar-refractivity contribution in [2.75, 3.05) is 13.1 Å². The Morgan fingerprint density at radius 3 is 2.90 bits per heavy atom. The van der Waals surface area contributed by atoms with Crippen LogP contribution < -0.4 is 0 Å². The van der Waals surface area contributed by atoms with Gasteiger partial charge in [-0.2, -0.15) is 0 Å². The molecule has 1 atom stereocenters. The van der Waals surface area contributed by atoms with Gasteiger partial charge in [-0.25, -0.2) is 0 Å². The first kappa shape index (κ1) is 14.1. The Labute approximate surface area is 124 Å². The second-order valence-electron chi connectivity index (χ2n) is 6.40. The van der Waals surface area contributed by atoms with E-state index in [1.165, 1.54) is 23.3 Å². The van der Waals surface area contributed by atoms with Gasteiger partial charge in [-0.1, -0.05) is 0 Å². The average Bonchev–Trinajstić information content (AvgIpc) is 2.77. The van der Waals surface area contributed by atoms with Crippen LogP contribution >= 0.6 is 11.3 Å². The van der Waals surface area contributed by atoms with Gasteiger partial charge in [0.2, 0.25) is 0 Å². The van der Waals surface area contributed by atoms with Crippen molar-refractivity contribution in [2.45, 2.75) is 57.5 Å². The highest BCUT2D eigenvalue weighted by Gasteiger charge is 2.29. The summed E-state index contributed by atoms with van der Waals surface area (Å²) < 4.78 is 0. The Hall–Kier alpha value is -0.870. The quantitative estimate of drug-likeness (QED) is 0.864. The molecule has 1 unspecified atom stereocenters. The maximum absolute atomic E-state index is 12.7. The lowest BCUT2D eigenvalue weighted by Crippen LogP contribution is -2.34. The van der Waals surface area contributed by atoms with E-state index in [4.69, 9.17) is 0 Å². The number of hydrogen-bond donors (Lipinski definition) is 1. The van der Waals surface area contributed by atoms with Crippen LogP contribution in [0.25, 0.3) is 0 Å². The maximum Gasteiger partial charge on any atom is 0.254 e. The molecule has 1 aliphatic carbocycles. The molecule has 4 heteroatoms. The number of hydrogen-bond acceptors (Lipinski definition) is 3. The second-order valence-corrected chi connectivity index (χ2v) is 7.37. The SMILES string of the molecule is CC1(O)CCCN(C(=O)c2csc3c2CCCC3)CC1.